The minimum Gasteiger partial charge on any atom is -0.479 e. The van der Waals surface area contributed by atoms with Crippen LogP contribution < -0.4 is 10.1 Å². The monoisotopic (exact) mass is 197 g/mol. The van der Waals surface area contributed by atoms with Gasteiger partial charge in [-0.2, -0.15) is 0 Å². The predicted molar refractivity (Wildman–Crippen MR) is 55.6 cm³/mol. The molecule has 13 heavy (non-hydrogen) atoms. The lowest BCUT2D eigenvalue weighted by atomic mass is 10.2. The van der Waals surface area contributed by atoms with Gasteiger partial charge in [-0.1, -0.05) is 6.92 Å². The lowest BCUT2D eigenvalue weighted by Gasteiger charge is -2.11. The number of rotatable bonds is 3. The first-order valence-electron chi connectivity index (χ1n) is 4.84. The molecule has 2 heterocycles. The van der Waals surface area contributed by atoms with Gasteiger partial charge in [-0.05, 0) is 30.8 Å². The Hall–Kier alpha value is -0.540. The van der Waals surface area contributed by atoms with Gasteiger partial charge in [0, 0.05) is 12.1 Å². The Balaban J connectivity index is 1.99. The van der Waals surface area contributed by atoms with Crippen molar-refractivity contribution in [2.24, 2.45) is 0 Å². The predicted octanol–water partition coefficient (Wildman–Crippen LogP) is 2.05. The highest BCUT2D eigenvalue weighted by atomic mass is 32.1. The highest BCUT2D eigenvalue weighted by Crippen LogP contribution is 2.28. The second kappa shape index (κ2) is 4.11. The molecule has 1 aliphatic heterocycles. The minimum absolute atomic E-state index is 0.393. The Morgan fingerprint density at radius 3 is 3.31 bits per heavy atom. The van der Waals surface area contributed by atoms with Crippen LogP contribution >= 0.6 is 11.3 Å². The number of nitrogens with one attached hydrogen (secondary N) is 1. The number of thiophene rings is 1. The van der Waals surface area contributed by atoms with Gasteiger partial charge in [0.1, 0.15) is 6.10 Å². The topological polar surface area (TPSA) is 21.3 Å². The smallest absolute Gasteiger partial charge is 0.177 e. The Morgan fingerprint density at radius 2 is 2.62 bits per heavy atom. The van der Waals surface area contributed by atoms with E-state index in [2.05, 4.69) is 23.7 Å². The molecule has 72 valence electrons. The van der Waals surface area contributed by atoms with E-state index < -0.39 is 0 Å². The van der Waals surface area contributed by atoms with Crippen LogP contribution in [-0.4, -0.2) is 19.2 Å². The van der Waals surface area contributed by atoms with E-state index in [1.807, 2.05) is 0 Å². The summed E-state index contributed by atoms with van der Waals surface area (Å²) >= 11 is 1.71. The van der Waals surface area contributed by atoms with E-state index in [1.54, 1.807) is 11.3 Å². The van der Waals surface area contributed by atoms with Gasteiger partial charge in [0.05, 0.1) is 0 Å². The van der Waals surface area contributed by atoms with E-state index in [0.29, 0.717) is 6.10 Å². The summed E-state index contributed by atoms with van der Waals surface area (Å²) in [7, 11) is 0. The maximum absolute atomic E-state index is 5.89. The second-order valence-corrected chi connectivity index (χ2v) is 4.20. The van der Waals surface area contributed by atoms with E-state index in [1.165, 1.54) is 5.56 Å². The first-order valence-corrected chi connectivity index (χ1v) is 5.72. The van der Waals surface area contributed by atoms with Crippen LogP contribution in [0.25, 0.3) is 0 Å². The van der Waals surface area contributed by atoms with E-state index in [0.717, 1.165) is 31.0 Å². The standard InChI is InChI=1S/C10H15NOS/c1-2-8-4-6-13-10(8)12-9-3-5-11-7-9/h4,6,9,11H,2-3,5,7H2,1H3. The lowest BCUT2D eigenvalue weighted by Crippen LogP contribution is -2.19. The molecule has 0 amide bonds. The van der Waals surface area contributed by atoms with Crippen molar-refractivity contribution in [3.63, 3.8) is 0 Å². The zero-order valence-electron chi connectivity index (χ0n) is 7.88. The van der Waals surface area contributed by atoms with Crippen molar-refractivity contribution in [2.75, 3.05) is 13.1 Å². The fourth-order valence-corrected chi connectivity index (χ4v) is 2.48. The molecule has 0 aromatic carbocycles. The molecular weight excluding hydrogens is 182 g/mol. The van der Waals surface area contributed by atoms with Crippen LogP contribution in [0.5, 0.6) is 5.06 Å². The van der Waals surface area contributed by atoms with Gasteiger partial charge in [0.2, 0.25) is 0 Å². The zero-order valence-corrected chi connectivity index (χ0v) is 8.69. The van der Waals surface area contributed by atoms with Crippen molar-refractivity contribution in [1.29, 1.82) is 0 Å². The van der Waals surface area contributed by atoms with Crippen LogP contribution in [0.1, 0.15) is 18.9 Å². The first-order chi connectivity index (χ1) is 6.40. The molecular formula is C10H15NOS. The number of aryl methyl sites for hydroxylation is 1. The van der Waals surface area contributed by atoms with Crippen molar-refractivity contribution in [2.45, 2.75) is 25.9 Å². The third-order valence-corrected chi connectivity index (χ3v) is 3.22. The molecule has 1 unspecified atom stereocenters. The van der Waals surface area contributed by atoms with Crippen molar-refractivity contribution in [3.05, 3.63) is 17.0 Å². The summed E-state index contributed by atoms with van der Waals surface area (Å²) in [6.07, 6.45) is 2.60. The largest absolute Gasteiger partial charge is 0.479 e. The van der Waals surface area contributed by atoms with Gasteiger partial charge in [-0.25, -0.2) is 0 Å². The molecule has 1 fully saturated rings. The maximum atomic E-state index is 5.89. The summed E-state index contributed by atoms with van der Waals surface area (Å²) in [5, 5.41) is 6.53. The molecule has 2 rings (SSSR count). The van der Waals surface area contributed by atoms with Gasteiger partial charge in [0.15, 0.2) is 5.06 Å². The molecule has 0 spiro atoms. The summed E-state index contributed by atoms with van der Waals surface area (Å²) in [6.45, 7) is 4.26. The molecule has 0 aliphatic carbocycles. The maximum Gasteiger partial charge on any atom is 0.177 e. The van der Waals surface area contributed by atoms with E-state index in [9.17, 15) is 0 Å². The summed E-state index contributed by atoms with van der Waals surface area (Å²) < 4.78 is 5.89. The van der Waals surface area contributed by atoms with Crippen LogP contribution in [0.15, 0.2) is 11.4 Å². The van der Waals surface area contributed by atoms with Gasteiger partial charge < -0.3 is 10.1 Å². The molecule has 1 saturated heterocycles. The van der Waals surface area contributed by atoms with Crippen molar-refractivity contribution in [1.82, 2.24) is 5.32 Å². The van der Waals surface area contributed by atoms with Crippen LogP contribution in [0.4, 0.5) is 0 Å². The normalized spacial score (nSPS) is 22.1. The van der Waals surface area contributed by atoms with Gasteiger partial charge >= 0.3 is 0 Å². The van der Waals surface area contributed by atoms with Crippen LogP contribution in [0, 0.1) is 0 Å². The molecule has 0 bridgehead atoms. The van der Waals surface area contributed by atoms with Gasteiger partial charge in [-0.3, -0.25) is 0 Å². The average molecular weight is 197 g/mol. The van der Waals surface area contributed by atoms with Crippen molar-refractivity contribution >= 4 is 11.3 Å². The lowest BCUT2D eigenvalue weighted by molar-refractivity contribution is 0.228. The van der Waals surface area contributed by atoms with Gasteiger partial charge in [-0.15, -0.1) is 11.3 Å². The van der Waals surface area contributed by atoms with Gasteiger partial charge in [0.25, 0.3) is 0 Å². The highest BCUT2D eigenvalue weighted by molar-refractivity contribution is 7.12. The Morgan fingerprint density at radius 1 is 1.69 bits per heavy atom. The highest BCUT2D eigenvalue weighted by Gasteiger charge is 2.17. The summed E-state index contributed by atoms with van der Waals surface area (Å²) in [5.74, 6) is 0. The van der Waals surface area contributed by atoms with E-state index >= 15 is 0 Å². The minimum atomic E-state index is 0.393. The molecule has 1 atom stereocenters. The molecule has 0 radical (unpaired) electrons. The van der Waals surface area contributed by atoms with Crippen molar-refractivity contribution in [3.8, 4) is 5.06 Å². The molecule has 1 aliphatic rings. The average Bonchev–Trinajstić information content (AvgIpc) is 2.76. The van der Waals surface area contributed by atoms with E-state index in [-0.39, 0.29) is 0 Å². The first kappa shape index (κ1) is 9.03. The third-order valence-electron chi connectivity index (χ3n) is 2.38. The fraction of sp³-hybridized carbons (Fsp3) is 0.600. The SMILES string of the molecule is CCc1ccsc1OC1CCNC1. The van der Waals surface area contributed by atoms with Crippen molar-refractivity contribution < 1.29 is 4.74 Å². The van der Waals surface area contributed by atoms with E-state index in [4.69, 9.17) is 4.74 Å². The van der Waals surface area contributed by atoms with Crippen LogP contribution in [0.2, 0.25) is 0 Å². The molecule has 2 nitrogen and oxygen atoms in total. The third kappa shape index (κ3) is 2.03. The Kier molecular flexibility index (Phi) is 2.86. The Bertz CT molecular complexity index is 266. The fourth-order valence-electron chi connectivity index (χ4n) is 1.57. The summed E-state index contributed by atoms with van der Waals surface area (Å²) in [6, 6.07) is 2.16. The number of hydrogen-bond donors (Lipinski definition) is 1. The van der Waals surface area contributed by atoms with Crippen LogP contribution in [-0.2, 0) is 6.42 Å². The van der Waals surface area contributed by atoms with Crippen LogP contribution in [0.3, 0.4) is 0 Å². The quantitative estimate of drug-likeness (QED) is 0.800. The molecule has 3 heteroatoms. The molecule has 0 saturated carbocycles. The Labute approximate surface area is 82.9 Å². The summed E-state index contributed by atoms with van der Waals surface area (Å²) in [4.78, 5) is 0. The number of ether oxygens (including phenoxy) is 1. The number of hydrogen-bond acceptors (Lipinski definition) is 3. The zero-order chi connectivity index (χ0) is 9.10. The molecule has 1 aromatic rings. The summed E-state index contributed by atoms with van der Waals surface area (Å²) in [5.41, 5.74) is 1.34. The second-order valence-electron chi connectivity index (χ2n) is 3.32. The molecule has 1 N–H and O–H groups in total. The molecule has 1 aromatic heterocycles.